The van der Waals surface area contributed by atoms with Crippen molar-refractivity contribution >= 4 is 21.6 Å². The maximum absolute atomic E-state index is 14.8. The molecule has 12 heteroatoms. The summed E-state index contributed by atoms with van der Waals surface area (Å²) in [6.07, 6.45) is 5.79. The smallest absolute Gasteiger partial charge is 0.354 e. The highest BCUT2D eigenvalue weighted by molar-refractivity contribution is 7.92. The number of aromatic nitrogens is 2. The molecular weight excluding hydrogens is 519 g/mol. The Morgan fingerprint density at radius 1 is 1.11 bits per heavy atom. The van der Waals surface area contributed by atoms with Gasteiger partial charge in [-0.15, -0.1) is 4.36 Å². The molecule has 0 bridgehead atoms. The Hall–Kier alpha value is -3.38. The molecule has 0 saturated carbocycles. The molecule has 2 N–H and O–H groups in total. The predicted octanol–water partition coefficient (Wildman–Crippen LogP) is 5.73. The summed E-state index contributed by atoms with van der Waals surface area (Å²) in [5.74, 6) is -0.668. The van der Waals surface area contributed by atoms with E-state index in [1.165, 1.54) is 18.2 Å². The quantitative estimate of drug-likeness (QED) is 0.395. The first kappa shape index (κ1) is 26.2. The maximum Gasteiger partial charge on any atom is 0.354 e. The Bertz CT molecular complexity index is 1460. The van der Waals surface area contributed by atoms with Crippen molar-refractivity contribution in [3.8, 4) is 5.75 Å². The summed E-state index contributed by atoms with van der Waals surface area (Å²) < 4.78 is 67.1. The third-order valence-corrected chi connectivity index (χ3v) is 8.88. The molecule has 38 heavy (non-hydrogen) atoms. The van der Waals surface area contributed by atoms with Crippen molar-refractivity contribution in [3.63, 3.8) is 0 Å². The molecule has 5 rings (SSSR count). The van der Waals surface area contributed by atoms with E-state index >= 15 is 0 Å². The molecule has 2 amide bonds. The number of urea groups is 1. The molecule has 0 saturated heterocycles. The van der Waals surface area contributed by atoms with Gasteiger partial charge in [-0.1, -0.05) is 18.2 Å². The molecule has 2 aromatic carbocycles. The molecule has 202 valence electrons. The van der Waals surface area contributed by atoms with E-state index in [1.807, 2.05) is 0 Å². The highest BCUT2D eigenvalue weighted by Gasteiger charge is 2.29. The second kappa shape index (κ2) is 10.4. The number of nitrogens with zero attached hydrogens (tertiary/aromatic N) is 3. The Morgan fingerprint density at radius 2 is 1.74 bits per heavy atom. The number of anilines is 1. The molecule has 3 aromatic rings. The lowest BCUT2D eigenvalue weighted by atomic mass is 9.99. The van der Waals surface area contributed by atoms with Crippen LogP contribution in [0.4, 0.5) is 23.7 Å². The molecule has 2 aliphatic rings. The summed E-state index contributed by atoms with van der Waals surface area (Å²) in [7, 11) is -2.62. The van der Waals surface area contributed by atoms with Crippen LogP contribution in [0.2, 0.25) is 0 Å². The fraction of sp³-hybridized carbons (Fsp3) is 0.385. The Kier molecular flexibility index (Phi) is 7.19. The Morgan fingerprint density at radius 3 is 2.29 bits per heavy atom. The largest absolute Gasteiger partial charge is 0.497 e. The number of halogens is 3. The van der Waals surface area contributed by atoms with E-state index in [0.717, 1.165) is 49.7 Å². The molecule has 8 nitrogen and oxygen atoms in total. The second-order valence-electron chi connectivity index (χ2n) is 9.43. The van der Waals surface area contributed by atoms with E-state index in [1.54, 1.807) is 31.2 Å². The van der Waals surface area contributed by atoms with Crippen molar-refractivity contribution in [1.82, 2.24) is 14.5 Å². The number of aryl methyl sites for hydroxylation is 2. The molecule has 0 fully saturated rings. The number of benzene rings is 2. The monoisotopic (exact) mass is 547 g/mol. The SMILES string of the molecule is COc1ccc([C@H](C)N[S@@](=O)(=NC(=O)Nc2c3c(cc4c2CCC4)CCC3)c2nn(C(F)F)cc2F)cc1. The highest BCUT2D eigenvalue weighted by Crippen LogP contribution is 2.38. The summed E-state index contributed by atoms with van der Waals surface area (Å²) in [5.41, 5.74) is 5.72. The number of fused-ring (bicyclic) bond motifs is 2. The summed E-state index contributed by atoms with van der Waals surface area (Å²) in [6.45, 7) is -1.53. The number of carbonyl (C=O) groups is 1. The van der Waals surface area contributed by atoms with Crippen LogP contribution >= 0.6 is 0 Å². The fourth-order valence-corrected chi connectivity index (χ4v) is 6.85. The van der Waals surface area contributed by atoms with Gasteiger partial charge in [0.05, 0.1) is 13.3 Å². The average Bonchev–Trinajstić information content (AvgIpc) is 3.63. The van der Waals surface area contributed by atoms with Crippen molar-refractivity contribution in [2.75, 3.05) is 12.4 Å². The Labute approximate surface area is 218 Å². The first-order chi connectivity index (χ1) is 18.2. The van der Waals surface area contributed by atoms with Crippen LogP contribution in [0.15, 0.2) is 45.9 Å². The third kappa shape index (κ3) is 5.02. The standard InChI is InChI=1S/C26H28F3N5O3S/c1-15(16-9-11-19(37-2)12-10-16)32-38(36,24-22(27)14-34(31-24)25(28)29)33-26(35)30-23-20-7-3-5-17(20)13-18-6-4-8-21(18)23/h9-15,25H,3-8H2,1-2H3,(H2,30,32,33,35,36)/t15-,38+/m0/s1. The summed E-state index contributed by atoms with van der Waals surface area (Å²) >= 11 is 0. The van der Waals surface area contributed by atoms with Gasteiger partial charge < -0.3 is 10.1 Å². The molecule has 0 spiro atoms. The lowest BCUT2D eigenvalue weighted by Crippen LogP contribution is -2.29. The van der Waals surface area contributed by atoms with Gasteiger partial charge in [0.25, 0.3) is 0 Å². The number of alkyl halides is 2. The normalized spacial score (nSPS) is 16.6. The number of carbonyl (C=O) groups excluding carboxylic acids is 1. The number of methoxy groups -OCH3 is 1. The predicted molar refractivity (Wildman–Crippen MR) is 136 cm³/mol. The molecule has 0 radical (unpaired) electrons. The van der Waals surface area contributed by atoms with E-state index in [4.69, 9.17) is 4.74 Å². The third-order valence-electron chi connectivity index (χ3n) is 6.99. The van der Waals surface area contributed by atoms with Crippen LogP contribution < -0.4 is 14.8 Å². The van der Waals surface area contributed by atoms with Gasteiger partial charge in [0.2, 0.25) is 5.03 Å². The van der Waals surface area contributed by atoms with Crippen LogP contribution in [0.5, 0.6) is 5.75 Å². The second-order valence-corrected chi connectivity index (χ2v) is 11.3. The first-order valence-corrected chi connectivity index (χ1v) is 13.9. The van der Waals surface area contributed by atoms with Crippen molar-refractivity contribution in [3.05, 3.63) is 70.2 Å². The molecule has 0 aliphatic heterocycles. The maximum atomic E-state index is 14.8. The molecule has 1 heterocycles. The lowest BCUT2D eigenvalue weighted by molar-refractivity contribution is 0.0551. The van der Waals surface area contributed by atoms with Crippen LogP contribution in [0.3, 0.4) is 0 Å². The van der Waals surface area contributed by atoms with Gasteiger partial charge in [-0.25, -0.2) is 22.8 Å². The summed E-state index contributed by atoms with van der Waals surface area (Å²) in [5, 5.41) is 5.43. The minimum atomic E-state index is -4.13. The first-order valence-electron chi connectivity index (χ1n) is 12.4. The van der Waals surface area contributed by atoms with Gasteiger partial charge in [0.15, 0.2) is 15.7 Å². The molecular formula is C26H28F3N5O3S. The molecule has 2 aliphatic carbocycles. The number of amides is 2. The number of hydrogen-bond acceptors (Lipinski definition) is 4. The van der Waals surface area contributed by atoms with Crippen LogP contribution in [0.1, 0.15) is 60.2 Å². The zero-order valence-corrected chi connectivity index (χ0v) is 21.8. The molecule has 2 atom stereocenters. The van der Waals surface area contributed by atoms with E-state index in [0.29, 0.717) is 23.2 Å². The molecule has 0 unspecified atom stereocenters. The summed E-state index contributed by atoms with van der Waals surface area (Å²) in [6, 6.07) is 7.27. The number of nitrogens with one attached hydrogen (secondary N) is 2. The molecule has 1 aromatic heterocycles. The van der Waals surface area contributed by atoms with Gasteiger partial charge in [0, 0.05) is 11.7 Å². The van der Waals surface area contributed by atoms with Gasteiger partial charge in [0.1, 0.15) is 5.75 Å². The van der Waals surface area contributed by atoms with Crippen molar-refractivity contribution in [2.45, 2.75) is 63.1 Å². The van der Waals surface area contributed by atoms with Gasteiger partial charge in [-0.05, 0) is 85.4 Å². The van der Waals surface area contributed by atoms with Gasteiger partial charge in [-0.3, -0.25) is 0 Å². The van der Waals surface area contributed by atoms with Crippen molar-refractivity contribution < 1.29 is 26.9 Å². The minimum absolute atomic E-state index is 0.0500. The number of rotatable bonds is 7. The minimum Gasteiger partial charge on any atom is -0.497 e. The average molecular weight is 548 g/mol. The van der Waals surface area contributed by atoms with Crippen molar-refractivity contribution in [1.29, 1.82) is 0 Å². The highest BCUT2D eigenvalue weighted by atomic mass is 32.2. The van der Waals surface area contributed by atoms with E-state index in [2.05, 4.69) is 25.6 Å². The van der Waals surface area contributed by atoms with Gasteiger partial charge >= 0.3 is 12.6 Å². The van der Waals surface area contributed by atoms with E-state index < -0.39 is 39.4 Å². The van der Waals surface area contributed by atoms with E-state index in [9.17, 15) is 22.2 Å². The van der Waals surface area contributed by atoms with Crippen LogP contribution in [-0.4, -0.2) is 27.1 Å². The van der Waals surface area contributed by atoms with Crippen molar-refractivity contribution in [2.24, 2.45) is 4.36 Å². The Balaban J connectivity index is 1.53. The van der Waals surface area contributed by atoms with Crippen LogP contribution in [0.25, 0.3) is 0 Å². The van der Waals surface area contributed by atoms with Gasteiger partial charge in [-0.2, -0.15) is 13.9 Å². The van der Waals surface area contributed by atoms with E-state index in [-0.39, 0.29) is 4.68 Å². The topological polar surface area (TPSA) is 97.6 Å². The van der Waals surface area contributed by atoms with Crippen LogP contribution in [-0.2, 0) is 35.6 Å². The zero-order chi connectivity index (χ0) is 27.0. The number of hydrogen-bond donors (Lipinski definition) is 2. The lowest BCUT2D eigenvalue weighted by Gasteiger charge is -2.18. The zero-order valence-electron chi connectivity index (χ0n) is 21.0. The number of ether oxygens (including phenoxy) is 1. The fourth-order valence-electron chi connectivity index (χ4n) is 5.18. The summed E-state index contributed by atoms with van der Waals surface area (Å²) in [4.78, 5) is 13.2. The van der Waals surface area contributed by atoms with Crippen LogP contribution in [0, 0.1) is 5.82 Å².